The van der Waals surface area contributed by atoms with Gasteiger partial charge in [0.05, 0.1) is 17.7 Å². The molecule has 0 aliphatic rings. The number of halogens is 1. The molecule has 0 aromatic heterocycles. The Morgan fingerprint density at radius 2 is 1.76 bits per heavy atom. The molecule has 178 valence electrons. The lowest BCUT2D eigenvalue weighted by Crippen LogP contribution is -2.34. The number of anilines is 1. The van der Waals surface area contributed by atoms with Crippen molar-refractivity contribution < 1.29 is 14.3 Å². The lowest BCUT2D eigenvalue weighted by molar-refractivity contribution is 0.0977. The molecule has 0 unspecified atom stereocenters. The average molecular weight is 542 g/mol. The second-order valence-electron chi connectivity index (χ2n) is 8.20. The van der Waals surface area contributed by atoms with Crippen LogP contribution in [0.1, 0.15) is 36.2 Å². The second kappa shape index (κ2) is 13.1. The number of ether oxygens (including phenoxy) is 2. The molecule has 0 aliphatic carbocycles. The van der Waals surface area contributed by atoms with Crippen molar-refractivity contribution in [1.29, 1.82) is 0 Å². The van der Waals surface area contributed by atoms with Crippen LogP contribution in [-0.4, -0.2) is 24.2 Å². The van der Waals surface area contributed by atoms with E-state index in [1.54, 1.807) is 18.2 Å². The predicted molar refractivity (Wildman–Crippen MR) is 145 cm³/mol. The number of amides is 1. The van der Waals surface area contributed by atoms with Gasteiger partial charge in [0, 0.05) is 23.7 Å². The summed E-state index contributed by atoms with van der Waals surface area (Å²) in [7, 11) is 0. The molecule has 1 amide bonds. The van der Waals surface area contributed by atoms with Gasteiger partial charge in [0.2, 0.25) is 0 Å². The lowest BCUT2D eigenvalue weighted by Gasteiger charge is -2.13. The van der Waals surface area contributed by atoms with Gasteiger partial charge in [-0.1, -0.05) is 50.2 Å². The molecule has 0 saturated heterocycles. The van der Waals surface area contributed by atoms with Crippen LogP contribution in [0.3, 0.4) is 0 Å². The minimum absolute atomic E-state index is 0.212. The number of nitrogens with one attached hydrogen (secondary N) is 2. The van der Waals surface area contributed by atoms with E-state index in [2.05, 4.69) is 52.5 Å². The topological polar surface area (TPSA) is 59.6 Å². The summed E-state index contributed by atoms with van der Waals surface area (Å²) in [5.41, 5.74) is 2.43. The van der Waals surface area contributed by atoms with E-state index in [0.29, 0.717) is 34.9 Å². The summed E-state index contributed by atoms with van der Waals surface area (Å²) in [5, 5.41) is 5.96. The molecular formula is C27H29BrN2O3S. The van der Waals surface area contributed by atoms with Crippen LogP contribution in [0.25, 0.3) is 0 Å². The Hall–Kier alpha value is -2.90. The Kier molecular flexibility index (Phi) is 9.91. The van der Waals surface area contributed by atoms with Gasteiger partial charge in [-0.15, -0.1) is 0 Å². The zero-order valence-corrected chi connectivity index (χ0v) is 21.7. The monoisotopic (exact) mass is 540 g/mol. The smallest absolute Gasteiger partial charge is 0.257 e. The molecule has 0 atom stereocenters. The van der Waals surface area contributed by atoms with Crippen molar-refractivity contribution in [1.82, 2.24) is 5.32 Å². The molecule has 0 spiro atoms. The minimum Gasteiger partial charge on any atom is -0.494 e. The van der Waals surface area contributed by atoms with Crippen LogP contribution in [0.2, 0.25) is 0 Å². The molecule has 0 heterocycles. The SMILES string of the molecule is CC(C)CCOc1cccc(NC(=S)NC(=O)c2ccc(OCCc3ccccc3)c(Br)c2)c1. The molecule has 0 aliphatic heterocycles. The number of benzene rings is 3. The van der Waals surface area contributed by atoms with Gasteiger partial charge in [-0.3, -0.25) is 10.1 Å². The largest absolute Gasteiger partial charge is 0.494 e. The highest BCUT2D eigenvalue weighted by atomic mass is 79.9. The van der Waals surface area contributed by atoms with Crippen molar-refractivity contribution >= 4 is 44.9 Å². The van der Waals surface area contributed by atoms with E-state index < -0.39 is 0 Å². The van der Waals surface area contributed by atoms with Crippen LogP contribution in [0, 0.1) is 5.92 Å². The summed E-state index contributed by atoms with van der Waals surface area (Å²) in [4.78, 5) is 12.7. The van der Waals surface area contributed by atoms with Crippen molar-refractivity contribution in [2.24, 2.45) is 5.92 Å². The number of hydrogen-bond acceptors (Lipinski definition) is 4. The normalized spacial score (nSPS) is 10.6. The maximum atomic E-state index is 12.7. The minimum atomic E-state index is -0.307. The molecule has 7 heteroatoms. The maximum absolute atomic E-state index is 12.7. The predicted octanol–water partition coefficient (Wildman–Crippen LogP) is 6.62. The molecule has 2 N–H and O–H groups in total. The molecule has 0 bridgehead atoms. The summed E-state index contributed by atoms with van der Waals surface area (Å²) < 4.78 is 12.3. The van der Waals surface area contributed by atoms with Gasteiger partial charge in [-0.05, 0) is 76.4 Å². The van der Waals surface area contributed by atoms with Gasteiger partial charge in [0.25, 0.3) is 5.91 Å². The van der Waals surface area contributed by atoms with E-state index in [9.17, 15) is 4.79 Å². The Morgan fingerprint density at radius 3 is 2.50 bits per heavy atom. The summed E-state index contributed by atoms with van der Waals surface area (Å²) in [6.07, 6.45) is 1.79. The lowest BCUT2D eigenvalue weighted by atomic mass is 10.1. The summed E-state index contributed by atoms with van der Waals surface area (Å²) in [5.74, 6) is 1.71. The van der Waals surface area contributed by atoms with Gasteiger partial charge >= 0.3 is 0 Å². The van der Waals surface area contributed by atoms with Crippen LogP contribution in [0.4, 0.5) is 5.69 Å². The summed E-state index contributed by atoms with van der Waals surface area (Å²) in [6.45, 7) is 5.52. The fraction of sp³-hybridized carbons (Fsp3) is 0.259. The third-order valence-electron chi connectivity index (χ3n) is 4.97. The molecule has 3 aromatic rings. The van der Waals surface area contributed by atoms with Crippen molar-refractivity contribution in [2.75, 3.05) is 18.5 Å². The first-order valence-electron chi connectivity index (χ1n) is 11.2. The first kappa shape index (κ1) is 25.7. The quantitative estimate of drug-likeness (QED) is 0.283. The van der Waals surface area contributed by atoms with Gasteiger partial charge < -0.3 is 14.8 Å². The fourth-order valence-electron chi connectivity index (χ4n) is 3.10. The van der Waals surface area contributed by atoms with Gasteiger partial charge in [-0.25, -0.2) is 0 Å². The number of carbonyl (C=O) groups is 1. The molecule has 0 radical (unpaired) electrons. The zero-order chi connectivity index (χ0) is 24.3. The highest BCUT2D eigenvalue weighted by molar-refractivity contribution is 9.10. The standard InChI is InChI=1S/C27H29BrN2O3S/c1-19(2)13-15-32-23-10-6-9-22(18-23)29-27(34)30-26(31)21-11-12-25(24(28)17-21)33-16-14-20-7-4-3-5-8-20/h3-12,17-19H,13-16H2,1-2H3,(H2,29,30,31,34). The van der Waals surface area contributed by atoms with Crippen LogP contribution in [-0.2, 0) is 6.42 Å². The number of rotatable bonds is 10. The maximum Gasteiger partial charge on any atom is 0.257 e. The first-order valence-corrected chi connectivity index (χ1v) is 12.4. The van der Waals surface area contributed by atoms with Gasteiger partial charge in [0.1, 0.15) is 11.5 Å². The average Bonchev–Trinajstić information content (AvgIpc) is 2.80. The third kappa shape index (κ3) is 8.47. The van der Waals surface area contributed by atoms with E-state index in [-0.39, 0.29) is 11.0 Å². The van der Waals surface area contributed by atoms with E-state index in [1.807, 2.05) is 42.5 Å². The van der Waals surface area contributed by atoms with E-state index in [0.717, 1.165) is 24.3 Å². The number of carbonyl (C=O) groups excluding carboxylic acids is 1. The Labute approximate surface area is 215 Å². The van der Waals surface area contributed by atoms with Crippen LogP contribution >= 0.6 is 28.1 Å². The van der Waals surface area contributed by atoms with E-state index >= 15 is 0 Å². The molecule has 34 heavy (non-hydrogen) atoms. The van der Waals surface area contributed by atoms with Crippen LogP contribution in [0.5, 0.6) is 11.5 Å². The molecule has 3 aromatic carbocycles. The Bertz CT molecular complexity index is 1110. The molecule has 3 rings (SSSR count). The first-order chi connectivity index (χ1) is 16.4. The molecule has 5 nitrogen and oxygen atoms in total. The van der Waals surface area contributed by atoms with Gasteiger partial charge in [-0.2, -0.15) is 0 Å². The number of thiocarbonyl (C=S) groups is 1. The van der Waals surface area contributed by atoms with Crippen molar-refractivity contribution in [2.45, 2.75) is 26.7 Å². The Morgan fingerprint density at radius 1 is 0.971 bits per heavy atom. The van der Waals surface area contributed by atoms with Crippen molar-refractivity contribution in [3.05, 3.63) is 88.4 Å². The van der Waals surface area contributed by atoms with Crippen LogP contribution < -0.4 is 20.1 Å². The van der Waals surface area contributed by atoms with Crippen LogP contribution in [0.15, 0.2) is 77.3 Å². The highest BCUT2D eigenvalue weighted by Gasteiger charge is 2.11. The fourth-order valence-corrected chi connectivity index (χ4v) is 3.80. The van der Waals surface area contributed by atoms with E-state index in [4.69, 9.17) is 21.7 Å². The Balaban J connectivity index is 1.50. The summed E-state index contributed by atoms with van der Waals surface area (Å²) in [6, 6.07) is 22.9. The van der Waals surface area contributed by atoms with Crippen molar-refractivity contribution in [3.63, 3.8) is 0 Å². The van der Waals surface area contributed by atoms with Crippen molar-refractivity contribution in [3.8, 4) is 11.5 Å². The number of hydrogen-bond donors (Lipinski definition) is 2. The summed E-state index contributed by atoms with van der Waals surface area (Å²) >= 11 is 8.81. The molecule has 0 fully saturated rings. The highest BCUT2D eigenvalue weighted by Crippen LogP contribution is 2.26. The van der Waals surface area contributed by atoms with Gasteiger partial charge in [0.15, 0.2) is 5.11 Å². The molecular weight excluding hydrogens is 512 g/mol. The van der Waals surface area contributed by atoms with E-state index in [1.165, 1.54) is 5.56 Å². The third-order valence-corrected chi connectivity index (χ3v) is 5.79. The molecule has 0 saturated carbocycles. The zero-order valence-electron chi connectivity index (χ0n) is 19.3. The second-order valence-corrected chi connectivity index (χ2v) is 9.46.